The molecule has 3 nitrogen and oxygen atoms in total. The Morgan fingerprint density at radius 1 is 1.12 bits per heavy atom. The van der Waals surface area contributed by atoms with Gasteiger partial charge in [-0.2, -0.15) is 4.31 Å². The zero-order chi connectivity index (χ0) is 18.2. The number of hydrogen-bond donors (Lipinski definition) is 0. The Morgan fingerprint density at radius 2 is 1.75 bits per heavy atom. The molecule has 128 valence electrons. The van der Waals surface area contributed by atoms with Crippen LogP contribution in [0.4, 0.5) is 0 Å². The summed E-state index contributed by atoms with van der Waals surface area (Å²) in [6.45, 7) is 6.52. The van der Waals surface area contributed by atoms with Gasteiger partial charge in [0.1, 0.15) is 0 Å². The van der Waals surface area contributed by atoms with E-state index in [1.54, 1.807) is 16.4 Å². The molecule has 0 bridgehead atoms. The van der Waals surface area contributed by atoms with Gasteiger partial charge in [0.2, 0.25) is 10.0 Å². The number of sulfonamides is 1. The Kier molecular flexibility index (Phi) is 4.19. The van der Waals surface area contributed by atoms with Crippen LogP contribution in [0, 0.1) is 12.3 Å². The quantitative estimate of drug-likeness (QED) is 0.840. The van der Waals surface area contributed by atoms with Crippen molar-refractivity contribution in [1.29, 1.82) is 0 Å². The van der Waals surface area contributed by atoms with Crippen LogP contribution in [0.3, 0.4) is 0 Å². The Bertz CT molecular complexity index is 832. The maximum absolute atomic E-state index is 13.2. The van der Waals surface area contributed by atoms with E-state index in [-0.39, 0.29) is 11.5 Å². The van der Waals surface area contributed by atoms with Gasteiger partial charge in [-0.25, -0.2) is 8.42 Å². The molecule has 0 N–H and O–H groups in total. The molecule has 1 heterocycles. The summed E-state index contributed by atoms with van der Waals surface area (Å²) in [6, 6.07) is 16.1. The van der Waals surface area contributed by atoms with Crippen molar-refractivity contribution in [2.24, 2.45) is 5.41 Å². The summed E-state index contributed by atoms with van der Waals surface area (Å²) in [6.07, 6.45) is 0.0874. The van der Waals surface area contributed by atoms with E-state index in [2.05, 4.69) is 13.8 Å². The van der Waals surface area contributed by atoms with E-state index < -0.39 is 16.4 Å². The highest BCUT2D eigenvalue weighted by Crippen LogP contribution is 2.38. The molecule has 2 aromatic carbocycles. The van der Waals surface area contributed by atoms with Crippen LogP contribution in [-0.4, -0.2) is 25.3 Å². The van der Waals surface area contributed by atoms with Gasteiger partial charge in [0.05, 0.1) is 4.90 Å². The van der Waals surface area contributed by atoms with E-state index in [9.17, 15) is 8.42 Å². The Hall–Kier alpha value is -1.65. The molecule has 2 aromatic rings. The molecule has 1 aliphatic rings. The highest BCUT2D eigenvalue weighted by molar-refractivity contribution is 7.89. The highest BCUT2D eigenvalue weighted by atomic mass is 32.2. The molecule has 1 fully saturated rings. The zero-order valence-corrected chi connectivity index (χ0v) is 15.3. The fourth-order valence-electron chi connectivity index (χ4n) is 3.31. The minimum absolute atomic E-state index is 0.142. The molecule has 3 rings (SSSR count). The second-order valence-electron chi connectivity index (χ2n) is 7.38. The van der Waals surface area contributed by atoms with E-state index in [1.807, 2.05) is 49.4 Å². The van der Waals surface area contributed by atoms with E-state index in [0.717, 1.165) is 11.1 Å². The average Bonchev–Trinajstić information content (AvgIpc) is 2.92. The Balaban J connectivity index is 1.98. The van der Waals surface area contributed by atoms with Gasteiger partial charge in [-0.15, -0.1) is 0 Å². The van der Waals surface area contributed by atoms with Crippen LogP contribution in [0.2, 0.25) is 0 Å². The van der Waals surface area contributed by atoms with E-state index in [0.29, 0.717) is 17.9 Å². The summed E-state index contributed by atoms with van der Waals surface area (Å²) < 4.78 is 36.7. The summed E-state index contributed by atoms with van der Waals surface area (Å²) >= 11 is 0. The number of hydrogen-bond acceptors (Lipinski definition) is 2. The van der Waals surface area contributed by atoms with Crippen molar-refractivity contribution in [3.63, 3.8) is 0 Å². The van der Waals surface area contributed by atoms with Crippen LogP contribution in [0.15, 0.2) is 59.5 Å². The van der Waals surface area contributed by atoms with Crippen LogP contribution in [-0.2, 0) is 16.4 Å². The minimum Gasteiger partial charge on any atom is -0.207 e. The van der Waals surface area contributed by atoms with Crippen LogP contribution in [0.25, 0.3) is 0 Å². The lowest BCUT2D eigenvalue weighted by atomic mass is 9.89. The SMILES string of the molecule is [2H][C@H](c1ccccc1)C1CC(C)(C)CN1S(=O)(=O)c1ccc(C)cc1. The maximum atomic E-state index is 13.2. The predicted octanol–water partition coefficient (Wildman–Crippen LogP) is 4.03. The maximum Gasteiger partial charge on any atom is 0.243 e. The Labute approximate surface area is 146 Å². The summed E-state index contributed by atoms with van der Waals surface area (Å²) in [5.74, 6) is 0. The van der Waals surface area contributed by atoms with Crippen molar-refractivity contribution in [3.05, 3.63) is 65.7 Å². The molecule has 1 saturated heterocycles. The van der Waals surface area contributed by atoms with Gasteiger partial charge < -0.3 is 0 Å². The normalized spacial score (nSPS) is 23.0. The molecule has 0 radical (unpaired) electrons. The van der Waals surface area contributed by atoms with Crippen LogP contribution in [0.1, 0.15) is 32.8 Å². The van der Waals surface area contributed by atoms with Gasteiger partial charge in [0, 0.05) is 14.0 Å². The third-order valence-electron chi connectivity index (χ3n) is 4.53. The first-order valence-electron chi connectivity index (χ1n) is 8.84. The van der Waals surface area contributed by atoms with E-state index in [1.165, 1.54) is 0 Å². The summed E-state index contributed by atoms with van der Waals surface area (Å²) in [4.78, 5) is 0.307. The molecule has 1 aliphatic heterocycles. The first-order valence-corrected chi connectivity index (χ1v) is 9.70. The Morgan fingerprint density at radius 3 is 2.38 bits per heavy atom. The first-order chi connectivity index (χ1) is 11.7. The van der Waals surface area contributed by atoms with Crippen molar-refractivity contribution in [2.45, 2.75) is 44.5 Å². The molecule has 0 spiro atoms. The van der Waals surface area contributed by atoms with Gasteiger partial charge in [-0.1, -0.05) is 61.9 Å². The minimum atomic E-state index is -3.62. The van der Waals surface area contributed by atoms with Crippen molar-refractivity contribution in [2.75, 3.05) is 6.54 Å². The monoisotopic (exact) mass is 344 g/mol. The number of nitrogens with zero attached hydrogens (tertiary/aromatic N) is 1. The lowest BCUT2D eigenvalue weighted by Gasteiger charge is -2.24. The summed E-state index contributed by atoms with van der Waals surface area (Å²) in [5, 5.41) is 0. The largest absolute Gasteiger partial charge is 0.243 e. The smallest absolute Gasteiger partial charge is 0.207 e. The van der Waals surface area contributed by atoms with Gasteiger partial charge in [-0.3, -0.25) is 0 Å². The summed E-state index contributed by atoms with van der Waals surface area (Å²) in [5.41, 5.74) is 1.74. The van der Waals surface area contributed by atoms with Gasteiger partial charge in [-0.05, 0) is 42.9 Å². The summed E-state index contributed by atoms with van der Waals surface area (Å²) in [7, 11) is -3.62. The molecular weight excluding hydrogens is 318 g/mol. The molecular formula is C20H25NO2S. The van der Waals surface area contributed by atoms with Gasteiger partial charge in [0.15, 0.2) is 0 Å². The van der Waals surface area contributed by atoms with E-state index >= 15 is 0 Å². The second kappa shape index (κ2) is 6.34. The van der Waals surface area contributed by atoms with Crippen LogP contribution < -0.4 is 0 Å². The van der Waals surface area contributed by atoms with Crippen molar-refractivity contribution in [1.82, 2.24) is 4.31 Å². The van der Waals surface area contributed by atoms with Gasteiger partial charge in [0.25, 0.3) is 0 Å². The average molecular weight is 344 g/mol. The molecule has 1 unspecified atom stereocenters. The van der Waals surface area contributed by atoms with Crippen molar-refractivity contribution >= 4 is 10.0 Å². The number of rotatable bonds is 4. The predicted molar refractivity (Wildman–Crippen MR) is 97.4 cm³/mol. The van der Waals surface area contributed by atoms with Crippen molar-refractivity contribution < 1.29 is 9.79 Å². The molecule has 24 heavy (non-hydrogen) atoms. The lowest BCUT2D eigenvalue weighted by Crippen LogP contribution is -2.37. The molecule has 0 aromatic heterocycles. The lowest BCUT2D eigenvalue weighted by molar-refractivity contribution is 0.366. The topological polar surface area (TPSA) is 37.4 Å². The molecule has 4 heteroatoms. The molecule has 2 atom stereocenters. The van der Waals surface area contributed by atoms with Crippen molar-refractivity contribution in [3.8, 4) is 0 Å². The third kappa shape index (κ3) is 3.55. The first kappa shape index (κ1) is 15.9. The molecule has 0 amide bonds. The van der Waals surface area contributed by atoms with E-state index in [4.69, 9.17) is 1.37 Å². The molecule has 0 aliphatic carbocycles. The number of benzene rings is 2. The second-order valence-corrected chi connectivity index (χ2v) is 9.27. The standard InChI is InChI=1S/C20H25NO2S/c1-16-9-11-19(12-10-16)24(22,23)21-15-20(2,3)14-18(21)13-17-7-5-4-6-8-17/h4-12,18H,13-15H2,1-3H3/i13D/t13-,18?/m1/s1. The van der Waals surface area contributed by atoms with Gasteiger partial charge >= 0.3 is 0 Å². The highest BCUT2D eigenvalue weighted by Gasteiger charge is 2.43. The fourth-order valence-corrected chi connectivity index (χ4v) is 5.07. The molecule has 0 saturated carbocycles. The van der Waals surface area contributed by atoms with Crippen LogP contribution in [0.5, 0.6) is 0 Å². The zero-order valence-electron chi connectivity index (χ0n) is 15.4. The van der Waals surface area contributed by atoms with Crippen LogP contribution >= 0.6 is 0 Å². The number of aryl methyl sites for hydroxylation is 1. The fraction of sp³-hybridized carbons (Fsp3) is 0.400. The third-order valence-corrected chi connectivity index (χ3v) is 6.41.